The fraction of sp³-hybridized carbons (Fsp3) is 0.111. The third-order valence-electron chi connectivity index (χ3n) is 1.34. The summed E-state index contributed by atoms with van der Waals surface area (Å²) in [6, 6.07) is 3.17. The molecule has 0 N–H and O–H groups in total. The number of Topliss-reactive ketones (excluding diaryl/α,β-unsaturated/α-hetero) is 1. The molecular weight excluding hydrogens is 154 g/mol. The van der Waals surface area contributed by atoms with E-state index in [0.717, 1.165) is 0 Å². The largest absolute Gasteiger partial charge is 0.481 e. The van der Waals surface area contributed by atoms with Crippen molar-refractivity contribution in [2.75, 3.05) is 7.11 Å². The van der Waals surface area contributed by atoms with E-state index in [1.807, 2.05) is 5.92 Å². The van der Waals surface area contributed by atoms with Crippen LogP contribution in [-0.4, -0.2) is 17.9 Å². The van der Waals surface area contributed by atoms with Gasteiger partial charge in [0.1, 0.15) is 0 Å². The van der Waals surface area contributed by atoms with Crippen LogP contribution in [0.4, 0.5) is 0 Å². The minimum absolute atomic E-state index is 0.370. The predicted molar refractivity (Wildman–Crippen MR) is 44.0 cm³/mol. The van der Waals surface area contributed by atoms with E-state index in [0.29, 0.717) is 11.4 Å². The molecule has 0 saturated heterocycles. The van der Waals surface area contributed by atoms with Crippen LogP contribution in [0.25, 0.3) is 0 Å². The molecule has 0 atom stereocenters. The lowest BCUT2D eigenvalue weighted by atomic mass is 10.2. The van der Waals surface area contributed by atoms with Crippen LogP contribution in [0, 0.1) is 12.3 Å². The van der Waals surface area contributed by atoms with Crippen molar-refractivity contribution in [1.82, 2.24) is 4.98 Å². The lowest BCUT2D eigenvalue weighted by molar-refractivity contribution is 0.105. The van der Waals surface area contributed by atoms with Gasteiger partial charge in [0.05, 0.1) is 7.11 Å². The first-order valence-corrected chi connectivity index (χ1v) is 3.29. The summed E-state index contributed by atoms with van der Waals surface area (Å²) in [5.74, 6) is 2.09. The average Bonchev–Trinajstić information content (AvgIpc) is 2.17. The second-order valence-electron chi connectivity index (χ2n) is 2.06. The van der Waals surface area contributed by atoms with E-state index in [9.17, 15) is 4.79 Å². The number of hydrogen-bond acceptors (Lipinski definition) is 3. The van der Waals surface area contributed by atoms with E-state index in [4.69, 9.17) is 11.2 Å². The van der Waals surface area contributed by atoms with E-state index < -0.39 is 0 Å². The zero-order valence-electron chi connectivity index (χ0n) is 6.57. The van der Waals surface area contributed by atoms with Crippen molar-refractivity contribution in [3.63, 3.8) is 0 Å². The highest BCUT2D eigenvalue weighted by Gasteiger charge is 2.01. The molecule has 0 aromatic carbocycles. The Morgan fingerprint density at radius 2 is 2.42 bits per heavy atom. The second-order valence-corrected chi connectivity index (χ2v) is 2.06. The van der Waals surface area contributed by atoms with E-state index >= 15 is 0 Å². The zero-order valence-corrected chi connectivity index (χ0v) is 6.57. The minimum atomic E-state index is -0.370. The van der Waals surface area contributed by atoms with Gasteiger partial charge >= 0.3 is 0 Å². The maximum Gasteiger partial charge on any atom is 0.237 e. The van der Waals surface area contributed by atoms with Crippen molar-refractivity contribution in [2.45, 2.75) is 0 Å². The number of methoxy groups -OCH3 is 1. The molecule has 0 bridgehead atoms. The first-order valence-electron chi connectivity index (χ1n) is 3.29. The van der Waals surface area contributed by atoms with Crippen molar-refractivity contribution >= 4 is 5.78 Å². The van der Waals surface area contributed by atoms with Gasteiger partial charge in [-0.15, -0.1) is 6.42 Å². The van der Waals surface area contributed by atoms with E-state index in [1.165, 1.54) is 13.3 Å². The molecule has 0 aliphatic carbocycles. The van der Waals surface area contributed by atoms with Crippen LogP contribution in [0.3, 0.4) is 0 Å². The summed E-state index contributed by atoms with van der Waals surface area (Å²) in [6.07, 6.45) is 6.31. The van der Waals surface area contributed by atoms with Gasteiger partial charge < -0.3 is 4.74 Å². The first-order chi connectivity index (χ1) is 5.77. The Morgan fingerprint density at radius 1 is 1.67 bits per heavy atom. The lowest BCUT2D eigenvalue weighted by Crippen LogP contribution is -1.96. The van der Waals surface area contributed by atoms with Crippen molar-refractivity contribution in [3.05, 3.63) is 23.9 Å². The fourth-order valence-corrected chi connectivity index (χ4v) is 0.719. The number of nitrogens with zero attached hydrogens (tertiary/aromatic N) is 1. The third-order valence-corrected chi connectivity index (χ3v) is 1.34. The maximum absolute atomic E-state index is 10.9. The van der Waals surface area contributed by atoms with Crippen molar-refractivity contribution < 1.29 is 9.53 Å². The quantitative estimate of drug-likeness (QED) is 0.367. The number of carbonyl (C=O) groups excluding carboxylic acids is 1. The maximum atomic E-state index is 10.9. The number of ether oxygens (including phenoxy) is 1. The van der Waals surface area contributed by atoms with Gasteiger partial charge in [0.2, 0.25) is 11.7 Å². The van der Waals surface area contributed by atoms with Crippen LogP contribution < -0.4 is 4.74 Å². The Morgan fingerprint density at radius 3 is 2.83 bits per heavy atom. The molecule has 1 aromatic rings. The van der Waals surface area contributed by atoms with Crippen molar-refractivity contribution in [2.24, 2.45) is 0 Å². The summed E-state index contributed by atoms with van der Waals surface area (Å²) < 4.78 is 4.81. The first kappa shape index (κ1) is 8.28. The highest BCUT2D eigenvalue weighted by molar-refractivity contribution is 6.08. The van der Waals surface area contributed by atoms with Gasteiger partial charge in [-0.1, -0.05) is 0 Å². The minimum Gasteiger partial charge on any atom is -0.481 e. The van der Waals surface area contributed by atoms with Gasteiger partial charge in [0.25, 0.3) is 0 Å². The Hall–Kier alpha value is -1.82. The number of terminal acetylenes is 1. The smallest absolute Gasteiger partial charge is 0.237 e. The molecule has 60 valence electrons. The normalized spacial score (nSPS) is 8.67. The Balaban J connectivity index is 2.94. The average molecular weight is 161 g/mol. The molecule has 1 aromatic heterocycles. The molecular formula is C9H7NO2. The number of ketones is 1. The Labute approximate surface area is 70.4 Å². The van der Waals surface area contributed by atoms with Crippen LogP contribution in [0.2, 0.25) is 0 Å². The van der Waals surface area contributed by atoms with Crippen LogP contribution in [-0.2, 0) is 0 Å². The lowest BCUT2D eigenvalue weighted by Gasteiger charge is -1.97. The van der Waals surface area contributed by atoms with Crippen LogP contribution in [0.5, 0.6) is 5.88 Å². The summed E-state index contributed by atoms with van der Waals surface area (Å²) in [6.45, 7) is 0. The Kier molecular flexibility index (Phi) is 2.44. The molecule has 0 amide bonds. The molecule has 0 aliphatic rings. The van der Waals surface area contributed by atoms with Crippen molar-refractivity contribution in [3.8, 4) is 18.2 Å². The molecule has 1 rings (SSSR count). The third kappa shape index (κ3) is 1.61. The van der Waals surface area contributed by atoms with Gasteiger partial charge in [0, 0.05) is 17.8 Å². The number of pyridine rings is 1. The van der Waals surface area contributed by atoms with Gasteiger partial charge in [0.15, 0.2) is 0 Å². The SMILES string of the molecule is C#CC(=O)c1ccc(OC)nc1. The molecule has 0 radical (unpaired) electrons. The van der Waals surface area contributed by atoms with E-state index in [-0.39, 0.29) is 5.78 Å². The summed E-state index contributed by atoms with van der Waals surface area (Å²) in [7, 11) is 1.50. The monoisotopic (exact) mass is 161 g/mol. The fourth-order valence-electron chi connectivity index (χ4n) is 0.719. The zero-order chi connectivity index (χ0) is 8.97. The highest BCUT2D eigenvalue weighted by Crippen LogP contribution is 2.06. The molecule has 0 fully saturated rings. The molecule has 3 heteroatoms. The van der Waals surface area contributed by atoms with Gasteiger partial charge in [-0.05, 0) is 12.0 Å². The van der Waals surface area contributed by atoms with E-state index in [1.54, 1.807) is 12.1 Å². The summed E-state index contributed by atoms with van der Waals surface area (Å²) in [5.41, 5.74) is 0.401. The molecule has 0 aliphatic heterocycles. The molecule has 0 spiro atoms. The standard InChI is InChI=1S/C9H7NO2/c1-3-8(11)7-4-5-9(12-2)10-6-7/h1,4-6H,2H3. The van der Waals surface area contributed by atoms with Gasteiger partial charge in [-0.3, -0.25) is 4.79 Å². The number of hydrogen-bond donors (Lipinski definition) is 0. The summed E-state index contributed by atoms with van der Waals surface area (Å²) in [4.78, 5) is 14.7. The van der Waals surface area contributed by atoms with Gasteiger partial charge in [-0.2, -0.15) is 0 Å². The molecule has 3 nitrogen and oxygen atoms in total. The number of aromatic nitrogens is 1. The highest BCUT2D eigenvalue weighted by atomic mass is 16.5. The van der Waals surface area contributed by atoms with E-state index in [2.05, 4.69) is 4.98 Å². The topological polar surface area (TPSA) is 39.2 Å². The molecule has 1 heterocycles. The number of carbonyl (C=O) groups is 1. The predicted octanol–water partition coefficient (Wildman–Crippen LogP) is 0.906. The molecule has 0 unspecified atom stereocenters. The van der Waals surface area contributed by atoms with Crippen LogP contribution in [0.15, 0.2) is 18.3 Å². The summed E-state index contributed by atoms with van der Waals surface area (Å²) in [5, 5.41) is 0. The van der Waals surface area contributed by atoms with Crippen LogP contribution in [0.1, 0.15) is 10.4 Å². The second kappa shape index (κ2) is 3.54. The Bertz CT molecular complexity index is 321. The van der Waals surface area contributed by atoms with Crippen molar-refractivity contribution in [1.29, 1.82) is 0 Å². The van der Waals surface area contributed by atoms with Crippen LogP contribution >= 0.6 is 0 Å². The molecule has 12 heavy (non-hydrogen) atoms. The molecule has 0 saturated carbocycles. The summed E-state index contributed by atoms with van der Waals surface area (Å²) >= 11 is 0. The number of rotatable bonds is 2. The van der Waals surface area contributed by atoms with Gasteiger partial charge in [-0.25, -0.2) is 4.98 Å².